The maximum Gasteiger partial charge on any atom is 0.262 e. The summed E-state index contributed by atoms with van der Waals surface area (Å²) >= 11 is 3.26. The third-order valence-corrected chi connectivity index (χ3v) is 4.08. The third kappa shape index (κ3) is 3.65. The molecule has 1 aliphatic rings. The number of hydrogen-bond donors (Lipinski definition) is 2. The molecule has 0 spiro atoms. The summed E-state index contributed by atoms with van der Waals surface area (Å²) in [5, 5.41) is 13.3. The second-order valence-corrected chi connectivity index (χ2v) is 5.82. The predicted octanol–water partition coefficient (Wildman–Crippen LogP) is 3.02. The van der Waals surface area contributed by atoms with E-state index in [9.17, 15) is 9.90 Å². The summed E-state index contributed by atoms with van der Waals surface area (Å²) in [7, 11) is 0. The molecule has 2 aromatic rings. The smallest absolute Gasteiger partial charge is 0.262 e. The van der Waals surface area contributed by atoms with Gasteiger partial charge in [0.2, 0.25) is 0 Å². The molecule has 1 heterocycles. The third-order valence-electron chi connectivity index (χ3n) is 3.47. The molecule has 0 saturated heterocycles. The Morgan fingerprint density at radius 1 is 1.30 bits per heavy atom. The van der Waals surface area contributed by atoms with Gasteiger partial charge in [-0.15, -0.1) is 0 Å². The second-order valence-electron chi connectivity index (χ2n) is 5.17. The summed E-state index contributed by atoms with van der Waals surface area (Å²) in [6, 6.07) is 13.2. The minimum absolute atomic E-state index is 0.0563. The van der Waals surface area contributed by atoms with Gasteiger partial charge in [0.15, 0.2) is 6.61 Å². The maximum absolute atomic E-state index is 11.5. The molecule has 0 bridgehead atoms. The van der Waals surface area contributed by atoms with Gasteiger partial charge in [-0.2, -0.15) is 0 Å². The molecule has 2 N–H and O–H groups in total. The first-order valence-corrected chi connectivity index (χ1v) is 8.31. The van der Waals surface area contributed by atoms with Gasteiger partial charge in [0.1, 0.15) is 18.1 Å². The number of carbonyl (C=O) groups is 1. The van der Waals surface area contributed by atoms with Crippen molar-refractivity contribution >= 4 is 27.5 Å². The van der Waals surface area contributed by atoms with Crippen molar-refractivity contribution in [2.45, 2.75) is 12.7 Å². The normalized spacial score (nSPS) is 14.4. The first-order valence-electron chi connectivity index (χ1n) is 7.18. The van der Waals surface area contributed by atoms with Gasteiger partial charge >= 0.3 is 0 Å². The van der Waals surface area contributed by atoms with Crippen LogP contribution in [0.4, 0.5) is 5.69 Å². The summed E-state index contributed by atoms with van der Waals surface area (Å²) in [6.45, 7) is 0.345. The Bertz CT molecular complexity index is 705. The fourth-order valence-corrected chi connectivity index (χ4v) is 2.71. The average Bonchev–Trinajstić information content (AvgIpc) is 2.59. The van der Waals surface area contributed by atoms with Crippen molar-refractivity contribution in [1.82, 2.24) is 0 Å². The van der Waals surface area contributed by atoms with E-state index in [4.69, 9.17) is 9.47 Å². The first kappa shape index (κ1) is 15.8. The number of halogens is 1. The lowest BCUT2D eigenvalue weighted by Gasteiger charge is -2.23. The Hall–Kier alpha value is -2.05. The molecule has 0 radical (unpaired) electrons. The number of rotatable bonds is 5. The first-order chi connectivity index (χ1) is 11.2. The Morgan fingerprint density at radius 2 is 2.09 bits per heavy atom. The van der Waals surface area contributed by atoms with Crippen LogP contribution in [0.1, 0.15) is 17.2 Å². The van der Waals surface area contributed by atoms with Crippen LogP contribution < -0.4 is 14.8 Å². The van der Waals surface area contributed by atoms with E-state index in [0.717, 1.165) is 5.56 Å². The van der Waals surface area contributed by atoms with Crippen LogP contribution in [-0.4, -0.2) is 23.0 Å². The van der Waals surface area contributed by atoms with Crippen molar-refractivity contribution < 1.29 is 19.4 Å². The standard InChI is InChI=1S/C17H16BrNO4/c18-8-15(20)13-6-12(22-9-11-4-2-1-3-5-11)7-14-17(13)23-10-16(21)19-14/h1-7,15,20H,8-10H2,(H,19,21)/t15-/m0/s1. The van der Waals surface area contributed by atoms with Crippen molar-refractivity contribution in [3.63, 3.8) is 0 Å². The fraction of sp³-hybridized carbons (Fsp3) is 0.235. The lowest BCUT2D eigenvalue weighted by Crippen LogP contribution is -2.26. The van der Waals surface area contributed by atoms with Crippen LogP contribution in [0.3, 0.4) is 0 Å². The molecule has 6 heteroatoms. The number of aliphatic hydroxyl groups is 1. The molecule has 0 fully saturated rings. The van der Waals surface area contributed by atoms with Crippen molar-refractivity contribution in [2.75, 3.05) is 17.3 Å². The van der Waals surface area contributed by atoms with Gasteiger partial charge in [0.05, 0.1) is 11.8 Å². The molecule has 3 rings (SSSR count). The summed E-state index contributed by atoms with van der Waals surface area (Å²) in [4.78, 5) is 11.5. The van der Waals surface area contributed by atoms with Crippen molar-refractivity contribution in [1.29, 1.82) is 0 Å². The number of anilines is 1. The van der Waals surface area contributed by atoms with E-state index in [1.165, 1.54) is 0 Å². The molecule has 2 aromatic carbocycles. The highest BCUT2D eigenvalue weighted by Crippen LogP contribution is 2.39. The predicted molar refractivity (Wildman–Crippen MR) is 90.1 cm³/mol. The van der Waals surface area contributed by atoms with Crippen molar-refractivity contribution in [3.8, 4) is 11.5 Å². The molecule has 23 heavy (non-hydrogen) atoms. The van der Waals surface area contributed by atoms with Gasteiger partial charge in [-0.1, -0.05) is 46.3 Å². The number of fused-ring (bicyclic) bond motifs is 1. The SMILES string of the molecule is O=C1COc2c(cc(OCc3ccccc3)cc2[C@@H](O)CBr)N1. The fourth-order valence-electron chi connectivity index (χ4n) is 2.36. The van der Waals surface area contributed by atoms with E-state index in [-0.39, 0.29) is 12.5 Å². The lowest BCUT2D eigenvalue weighted by molar-refractivity contribution is -0.118. The summed E-state index contributed by atoms with van der Waals surface area (Å²) in [6.07, 6.45) is -0.751. The Labute approximate surface area is 142 Å². The molecular weight excluding hydrogens is 362 g/mol. The topological polar surface area (TPSA) is 67.8 Å². The summed E-state index contributed by atoms with van der Waals surface area (Å²) in [5.41, 5.74) is 2.14. The van der Waals surface area contributed by atoms with Gasteiger partial charge in [-0.05, 0) is 11.6 Å². The highest BCUT2D eigenvalue weighted by Gasteiger charge is 2.24. The van der Waals surface area contributed by atoms with Gasteiger partial charge in [-0.3, -0.25) is 4.79 Å². The monoisotopic (exact) mass is 377 g/mol. The molecular formula is C17H16BrNO4. The Kier molecular flexibility index (Phi) is 4.83. The molecule has 1 amide bonds. The van der Waals surface area contributed by atoms with Crippen LogP contribution in [0.5, 0.6) is 11.5 Å². The van der Waals surface area contributed by atoms with Gasteiger partial charge in [0, 0.05) is 17.0 Å². The van der Waals surface area contributed by atoms with E-state index in [1.54, 1.807) is 12.1 Å². The van der Waals surface area contributed by atoms with E-state index in [1.807, 2.05) is 30.3 Å². The number of alkyl halides is 1. The highest BCUT2D eigenvalue weighted by atomic mass is 79.9. The zero-order valence-corrected chi connectivity index (χ0v) is 13.9. The number of amides is 1. The van der Waals surface area contributed by atoms with E-state index >= 15 is 0 Å². The molecule has 120 valence electrons. The molecule has 5 nitrogen and oxygen atoms in total. The minimum atomic E-state index is -0.751. The molecule has 1 aliphatic heterocycles. The van der Waals surface area contributed by atoms with Crippen LogP contribution >= 0.6 is 15.9 Å². The van der Waals surface area contributed by atoms with Gasteiger partial charge < -0.3 is 19.9 Å². The highest BCUT2D eigenvalue weighted by molar-refractivity contribution is 9.09. The number of nitrogens with one attached hydrogen (secondary N) is 1. The average molecular weight is 378 g/mol. The molecule has 0 aliphatic carbocycles. The number of ether oxygens (including phenoxy) is 2. The zero-order chi connectivity index (χ0) is 16.2. The van der Waals surface area contributed by atoms with Crippen LogP contribution in [0.15, 0.2) is 42.5 Å². The molecule has 0 unspecified atom stereocenters. The quantitative estimate of drug-likeness (QED) is 0.785. The number of aliphatic hydroxyl groups excluding tert-OH is 1. The van der Waals surface area contributed by atoms with Crippen LogP contribution in [0.2, 0.25) is 0 Å². The van der Waals surface area contributed by atoms with Gasteiger partial charge in [-0.25, -0.2) is 0 Å². The molecule has 0 saturated carbocycles. The Morgan fingerprint density at radius 3 is 2.83 bits per heavy atom. The largest absolute Gasteiger partial charge is 0.489 e. The minimum Gasteiger partial charge on any atom is -0.489 e. The molecule has 0 aromatic heterocycles. The van der Waals surface area contributed by atoms with Crippen LogP contribution in [-0.2, 0) is 11.4 Å². The number of benzene rings is 2. The van der Waals surface area contributed by atoms with E-state index < -0.39 is 6.10 Å². The summed E-state index contributed by atoms with van der Waals surface area (Å²) in [5.74, 6) is 0.828. The second kappa shape index (κ2) is 7.02. The van der Waals surface area contributed by atoms with Gasteiger partial charge in [0.25, 0.3) is 5.91 Å². The lowest BCUT2D eigenvalue weighted by atomic mass is 10.1. The van der Waals surface area contributed by atoms with Crippen LogP contribution in [0, 0.1) is 0 Å². The van der Waals surface area contributed by atoms with E-state index in [2.05, 4.69) is 21.2 Å². The van der Waals surface area contributed by atoms with Crippen LogP contribution in [0.25, 0.3) is 0 Å². The summed E-state index contributed by atoms with van der Waals surface area (Å²) < 4.78 is 11.3. The Balaban J connectivity index is 1.88. The van der Waals surface area contributed by atoms with E-state index in [0.29, 0.717) is 34.7 Å². The van der Waals surface area contributed by atoms with Crippen molar-refractivity contribution in [3.05, 3.63) is 53.6 Å². The van der Waals surface area contributed by atoms with Crippen molar-refractivity contribution in [2.24, 2.45) is 0 Å². The zero-order valence-electron chi connectivity index (χ0n) is 12.3. The number of hydrogen-bond acceptors (Lipinski definition) is 4. The number of carbonyl (C=O) groups excluding carboxylic acids is 1. The molecule has 1 atom stereocenters. The maximum atomic E-state index is 11.5.